The summed E-state index contributed by atoms with van der Waals surface area (Å²) in [5.74, 6) is -0.613. The van der Waals surface area contributed by atoms with Crippen molar-refractivity contribution in [3.8, 4) is 5.75 Å². The number of nitrogens with one attached hydrogen (secondary N) is 1. The van der Waals surface area contributed by atoms with Gasteiger partial charge in [0, 0.05) is 17.1 Å². The number of hydrogen-bond acceptors (Lipinski definition) is 3. The predicted octanol–water partition coefficient (Wildman–Crippen LogP) is 4.95. The van der Waals surface area contributed by atoms with Crippen molar-refractivity contribution in [2.75, 3.05) is 6.61 Å². The molecule has 1 atom stereocenters. The number of amides is 2. The molecule has 0 saturated heterocycles. The van der Waals surface area contributed by atoms with Gasteiger partial charge in [0.05, 0.1) is 5.02 Å². The third-order valence-corrected chi connectivity index (χ3v) is 5.12. The second-order valence-electron chi connectivity index (χ2n) is 7.10. The Hall–Kier alpha value is -2.12. The normalized spacial score (nSPS) is 11.8. The zero-order chi connectivity index (χ0) is 22.3. The van der Waals surface area contributed by atoms with Crippen LogP contribution >= 0.6 is 27.5 Å². The number of nitrogens with zero attached hydrogens (tertiary/aromatic N) is 1. The average Bonchev–Trinajstić information content (AvgIpc) is 2.68. The van der Waals surface area contributed by atoms with Gasteiger partial charge >= 0.3 is 0 Å². The molecule has 0 saturated carbocycles. The van der Waals surface area contributed by atoms with Gasteiger partial charge in [-0.2, -0.15) is 0 Å². The summed E-state index contributed by atoms with van der Waals surface area (Å²) >= 11 is 9.47. The van der Waals surface area contributed by atoms with Crippen molar-refractivity contribution in [2.24, 2.45) is 0 Å². The molecule has 2 amide bonds. The highest BCUT2D eigenvalue weighted by atomic mass is 79.9. The number of halogens is 3. The van der Waals surface area contributed by atoms with Crippen LogP contribution in [0.2, 0.25) is 5.02 Å². The Labute approximate surface area is 189 Å². The van der Waals surface area contributed by atoms with Crippen molar-refractivity contribution in [2.45, 2.75) is 45.8 Å². The van der Waals surface area contributed by atoms with Crippen LogP contribution in [-0.4, -0.2) is 35.4 Å². The molecule has 2 rings (SSSR count). The molecule has 5 nitrogen and oxygen atoms in total. The minimum absolute atomic E-state index is 0.0628. The number of benzene rings is 2. The highest BCUT2D eigenvalue weighted by molar-refractivity contribution is 9.10. The van der Waals surface area contributed by atoms with Crippen LogP contribution in [0.4, 0.5) is 4.39 Å². The van der Waals surface area contributed by atoms with Gasteiger partial charge in [-0.1, -0.05) is 46.6 Å². The molecular weight excluding hydrogens is 475 g/mol. The Morgan fingerprint density at radius 2 is 1.87 bits per heavy atom. The summed E-state index contributed by atoms with van der Waals surface area (Å²) in [6.45, 7) is 5.42. The summed E-state index contributed by atoms with van der Waals surface area (Å²) in [4.78, 5) is 27.2. The second kappa shape index (κ2) is 11.3. The van der Waals surface area contributed by atoms with Crippen molar-refractivity contribution < 1.29 is 18.7 Å². The lowest BCUT2D eigenvalue weighted by atomic mass is 10.1. The van der Waals surface area contributed by atoms with Gasteiger partial charge in [0.1, 0.15) is 17.6 Å². The number of ether oxygens (including phenoxy) is 1. The summed E-state index contributed by atoms with van der Waals surface area (Å²) in [6.07, 6.45) is 0.421. The van der Waals surface area contributed by atoms with Gasteiger partial charge in [0.25, 0.3) is 5.91 Å². The highest BCUT2D eigenvalue weighted by Crippen LogP contribution is 2.27. The lowest BCUT2D eigenvalue weighted by molar-refractivity contribution is -0.143. The van der Waals surface area contributed by atoms with Crippen LogP contribution in [0.25, 0.3) is 0 Å². The summed E-state index contributed by atoms with van der Waals surface area (Å²) in [6, 6.07) is 10.2. The lowest BCUT2D eigenvalue weighted by Gasteiger charge is -2.31. The third kappa shape index (κ3) is 6.99. The first-order valence-corrected chi connectivity index (χ1v) is 10.8. The minimum atomic E-state index is -0.686. The Balaban J connectivity index is 2.22. The van der Waals surface area contributed by atoms with Crippen LogP contribution in [0.1, 0.15) is 32.8 Å². The first kappa shape index (κ1) is 24.2. The minimum Gasteiger partial charge on any atom is -0.482 e. The van der Waals surface area contributed by atoms with E-state index in [9.17, 15) is 14.0 Å². The van der Waals surface area contributed by atoms with Crippen LogP contribution in [0.15, 0.2) is 46.9 Å². The summed E-state index contributed by atoms with van der Waals surface area (Å²) in [5, 5.41) is 3.22. The standard InChI is InChI=1S/C22H25BrClFN2O3/c1-4-19(22(29)26-14(2)3)27(12-15-5-8-17(25)9-6-15)21(28)13-30-20-10-7-16(23)11-18(20)24/h5-11,14,19H,4,12-13H2,1-3H3,(H,26,29). The average molecular weight is 500 g/mol. The van der Waals surface area contributed by atoms with E-state index >= 15 is 0 Å². The van der Waals surface area contributed by atoms with E-state index in [1.807, 2.05) is 20.8 Å². The van der Waals surface area contributed by atoms with E-state index in [1.54, 1.807) is 30.3 Å². The number of hydrogen-bond donors (Lipinski definition) is 1. The SMILES string of the molecule is CCC(C(=O)NC(C)C)N(Cc1ccc(F)cc1)C(=O)COc1ccc(Br)cc1Cl. The zero-order valence-corrected chi connectivity index (χ0v) is 19.5. The zero-order valence-electron chi connectivity index (χ0n) is 17.1. The number of carbonyl (C=O) groups is 2. The molecule has 2 aromatic carbocycles. The Kier molecular flexibility index (Phi) is 9.11. The Bertz CT molecular complexity index is 877. The van der Waals surface area contributed by atoms with Crippen molar-refractivity contribution in [1.29, 1.82) is 0 Å². The fraction of sp³-hybridized carbons (Fsp3) is 0.364. The first-order valence-electron chi connectivity index (χ1n) is 9.63. The number of carbonyl (C=O) groups excluding carboxylic acids is 2. The van der Waals surface area contributed by atoms with E-state index in [0.29, 0.717) is 22.8 Å². The van der Waals surface area contributed by atoms with Gasteiger partial charge in [-0.15, -0.1) is 0 Å². The molecule has 0 aliphatic carbocycles. The monoisotopic (exact) mass is 498 g/mol. The molecule has 8 heteroatoms. The fourth-order valence-electron chi connectivity index (χ4n) is 2.90. The van der Waals surface area contributed by atoms with Crippen LogP contribution in [0.3, 0.4) is 0 Å². The molecule has 0 aliphatic rings. The smallest absolute Gasteiger partial charge is 0.261 e. The topological polar surface area (TPSA) is 58.6 Å². The molecule has 0 aromatic heterocycles. The van der Waals surface area contributed by atoms with Crippen LogP contribution in [-0.2, 0) is 16.1 Å². The maximum atomic E-state index is 13.3. The van der Waals surface area contributed by atoms with Gasteiger partial charge in [-0.3, -0.25) is 9.59 Å². The molecular formula is C22H25BrClFN2O3. The van der Waals surface area contributed by atoms with Crippen LogP contribution in [0.5, 0.6) is 5.75 Å². The molecule has 1 unspecified atom stereocenters. The molecule has 0 radical (unpaired) electrons. The summed E-state index contributed by atoms with van der Waals surface area (Å²) in [7, 11) is 0. The van der Waals surface area contributed by atoms with Gasteiger partial charge in [-0.25, -0.2) is 4.39 Å². The Morgan fingerprint density at radius 1 is 1.20 bits per heavy atom. The Morgan fingerprint density at radius 3 is 2.43 bits per heavy atom. The van der Waals surface area contributed by atoms with Gasteiger partial charge in [0.15, 0.2) is 6.61 Å². The largest absolute Gasteiger partial charge is 0.482 e. The second-order valence-corrected chi connectivity index (χ2v) is 8.42. The lowest BCUT2D eigenvalue weighted by Crippen LogP contribution is -2.51. The van der Waals surface area contributed by atoms with Crippen molar-refractivity contribution >= 4 is 39.3 Å². The van der Waals surface area contributed by atoms with Crippen molar-refractivity contribution in [3.05, 3.63) is 63.3 Å². The van der Waals surface area contributed by atoms with Crippen LogP contribution < -0.4 is 10.1 Å². The van der Waals surface area contributed by atoms with E-state index in [-0.39, 0.29) is 36.8 Å². The van der Waals surface area contributed by atoms with Crippen molar-refractivity contribution in [3.63, 3.8) is 0 Å². The molecule has 0 fully saturated rings. The van der Waals surface area contributed by atoms with E-state index in [2.05, 4.69) is 21.2 Å². The molecule has 0 bridgehead atoms. The fourth-order valence-corrected chi connectivity index (χ4v) is 3.63. The van der Waals surface area contributed by atoms with Crippen molar-refractivity contribution in [1.82, 2.24) is 10.2 Å². The molecule has 30 heavy (non-hydrogen) atoms. The predicted molar refractivity (Wildman–Crippen MR) is 119 cm³/mol. The molecule has 162 valence electrons. The third-order valence-electron chi connectivity index (χ3n) is 4.33. The molecule has 0 heterocycles. The number of rotatable bonds is 9. The quantitative estimate of drug-likeness (QED) is 0.531. The maximum Gasteiger partial charge on any atom is 0.261 e. The summed E-state index contributed by atoms with van der Waals surface area (Å²) in [5.41, 5.74) is 0.710. The van der Waals surface area contributed by atoms with E-state index in [0.717, 1.165) is 4.47 Å². The first-order chi connectivity index (χ1) is 14.2. The van der Waals surface area contributed by atoms with E-state index < -0.39 is 6.04 Å². The molecule has 0 aliphatic heterocycles. The summed E-state index contributed by atoms with van der Waals surface area (Å²) < 4.78 is 19.7. The highest BCUT2D eigenvalue weighted by Gasteiger charge is 2.29. The maximum absolute atomic E-state index is 13.3. The van der Waals surface area contributed by atoms with E-state index in [4.69, 9.17) is 16.3 Å². The van der Waals surface area contributed by atoms with E-state index in [1.165, 1.54) is 17.0 Å². The van der Waals surface area contributed by atoms with Gasteiger partial charge in [0.2, 0.25) is 5.91 Å². The van der Waals surface area contributed by atoms with Crippen LogP contribution in [0, 0.1) is 5.82 Å². The molecule has 0 spiro atoms. The molecule has 2 aromatic rings. The van der Waals surface area contributed by atoms with Gasteiger partial charge < -0.3 is 15.0 Å². The molecule has 1 N–H and O–H groups in total. The van der Waals surface area contributed by atoms with Gasteiger partial charge in [-0.05, 0) is 56.2 Å².